The highest BCUT2D eigenvalue weighted by Crippen LogP contribution is 2.13. The molecule has 0 amide bonds. The van der Waals surface area contributed by atoms with Gasteiger partial charge in [-0.25, -0.2) is 9.97 Å². The Labute approximate surface area is 112 Å². The number of Topliss-reactive ketones (excluding diaryl/α,β-unsaturated/α-hetero) is 1. The zero-order chi connectivity index (χ0) is 13.7. The maximum Gasteiger partial charge on any atom is 0.181 e. The SMILES string of the molecule is COc1ccc(CCC(=O)c2ccnc(C)n2)cc1. The summed E-state index contributed by atoms with van der Waals surface area (Å²) in [4.78, 5) is 20.1. The van der Waals surface area contributed by atoms with E-state index in [0.717, 1.165) is 11.3 Å². The van der Waals surface area contributed by atoms with Crippen LogP contribution in [0.15, 0.2) is 36.5 Å². The molecule has 4 heteroatoms. The normalized spacial score (nSPS) is 10.2. The molecule has 2 aromatic rings. The van der Waals surface area contributed by atoms with E-state index in [2.05, 4.69) is 9.97 Å². The van der Waals surface area contributed by atoms with Crippen molar-refractivity contribution in [2.45, 2.75) is 19.8 Å². The van der Waals surface area contributed by atoms with Gasteiger partial charge >= 0.3 is 0 Å². The molecule has 0 aliphatic carbocycles. The number of rotatable bonds is 5. The van der Waals surface area contributed by atoms with Crippen LogP contribution in [0.1, 0.15) is 28.3 Å². The third kappa shape index (κ3) is 3.61. The predicted octanol–water partition coefficient (Wildman–Crippen LogP) is 2.61. The van der Waals surface area contributed by atoms with Crippen molar-refractivity contribution in [3.05, 3.63) is 53.6 Å². The lowest BCUT2D eigenvalue weighted by Gasteiger charge is -2.03. The van der Waals surface area contributed by atoms with Crippen LogP contribution in [0.3, 0.4) is 0 Å². The van der Waals surface area contributed by atoms with Gasteiger partial charge in [-0.3, -0.25) is 4.79 Å². The van der Waals surface area contributed by atoms with Crippen molar-refractivity contribution in [2.75, 3.05) is 7.11 Å². The Hall–Kier alpha value is -2.23. The lowest BCUT2D eigenvalue weighted by atomic mass is 10.1. The Balaban J connectivity index is 1.96. The number of methoxy groups -OCH3 is 1. The Kier molecular flexibility index (Phi) is 4.23. The van der Waals surface area contributed by atoms with Gasteiger partial charge in [-0.05, 0) is 37.1 Å². The van der Waals surface area contributed by atoms with Crippen molar-refractivity contribution in [3.8, 4) is 5.75 Å². The average molecular weight is 256 g/mol. The van der Waals surface area contributed by atoms with Crippen molar-refractivity contribution < 1.29 is 9.53 Å². The van der Waals surface area contributed by atoms with E-state index < -0.39 is 0 Å². The van der Waals surface area contributed by atoms with Gasteiger partial charge in [-0.1, -0.05) is 12.1 Å². The zero-order valence-electron chi connectivity index (χ0n) is 11.1. The van der Waals surface area contributed by atoms with Crippen LogP contribution in [0.2, 0.25) is 0 Å². The van der Waals surface area contributed by atoms with Gasteiger partial charge in [0, 0.05) is 12.6 Å². The molecule has 1 aromatic heterocycles. The topological polar surface area (TPSA) is 52.1 Å². The molecule has 0 bridgehead atoms. The maximum absolute atomic E-state index is 12.0. The van der Waals surface area contributed by atoms with Gasteiger partial charge in [0.05, 0.1) is 7.11 Å². The third-order valence-electron chi connectivity index (χ3n) is 2.86. The number of benzene rings is 1. The molecular weight excluding hydrogens is 240 g/mol. The molecule has 0 radical (unpaired) electrons. The largest absolute Gasteiger partial charge is 0.497 e. The standard InChI is InChI=1S/C15H16N2O2/c1-11-16-10-9-14(17-11)15(18)8-5-12-3-6-13(19-2)7-4-12/h3-4,6-7,9-10H,5,8H2,1-2H3. The summed E-state index contributed by atoms with van der Waals surface area (Å²) >= 11 is 0. The molecule has 0 aliphatic rings. The number of nitrogens with zero attached hydrogens (tertiary/aromatic N) is 2. The van der Waals surface area contributed by atoms with Crippen LogP contribution >= 0.6 is 0 Å². The molecule has 0 saturated heterocycles. The minimum atomic E-state index is 0.0429. The van der Waals surface area contributed by atoms with E-state index in [9.17, 15) is 4.79 Å². The number of hydrogen-bond donors (Lipinski definition) is 0. The maximum atomic E-state index is 12.0. The van der Waals surface area contributed by atoms with Crippen LogP contribution in [0.25, 0.3) is 0 Å². The van der Waals surface area contributed by atoms with Crippen LogP contribution < -0.4 is 4.74 Å². The number of carbonyl (C=O) groups is 1. The van der Waals surface area contributed by atoms with Crippen molar-refractivity contribution in [1.29, 1.82) is 0 Å². The Morgan fingerprint density at radius 1 is 1.21 bits per heavy atom. The Bertz CT molecular complexity index is 565. The molecule has 0 spiro atoms. The van der Waals surface area contributed by atoms with E-state index in [4.69, 9.17) is 4.74 Å². The van der Waals surface area contributed by atoms with Crippen LogP contribution in [-0.4, -0.2) is 22.9 Å². The van der Waals surface area contributed by atoms with E-state index in [1.807, 2.05) is 24.3 Å². The van der Waals surface area contributed by atoms with Crippen molar-refractivity contribution in [3.63, 3.8) is 0 Å². The molecule has 0 atom stereocenters. The summed E-state index contributed by atoms with van der Waals surface area (Å²) in [6, 6.07) is 9.39. The summed E-state index contributed by atoms with van der Waals surface area (Å²) in [5.41, 5.74) is 1.60. The van der Waals surface area contributed by atoms with E-state index in [1.54, 1.807) is 26.3 Å². The molecule has 0 aliphatic heterocycles. The first-order valence-electron chi connectivity index (χ1n) is 6.15. The van der Waals surface area contributed by atoms with E-state index in [1.165, 1.54) is 0 Å². The predicted molar refractivity (Wildman–Crippen MR) is 72.4 cm³/mol. The summed E-state index contributed by atoms with van der Waals surface area (Å²) in [5, 5.41) is 0. The van der Waals surface area contributed by atoms with E-state index >= 15 is 0 Å². The second kappa shape index (κ2) is 6.09. The second-order valence-electron chi connectivity index (χ2n) is 4.26. The first-order valence-corrected chi connectivity index (χ1v) is 6.15. The molecule has 0 saturated carbocycles. The summed E-state index contributed by atoms with van der Waals surface area (Å²) in [7, 11) is 1.63. The van der Waals surface area contributed by atoms with E-state index in [0.29, 0.717) is 24.4 Å². The lowest BCUT2D eigenvalue weighted by molar-refractivity contribution is 0.0977. The van der Waals surface area contributed by atoms with Crippen molar-refractivity contribution >= 4 is 5.78 Å². The first-order chi connectivity index (χ1) is 9.19. The zero-order valence-corrected chi connectivity index (χ0v) is 11.1. The average Bonchev–Trinajstić information content (AvgIpc) is 2.45. The fourth-order valence-corrected chi connectivity index (χ4v) is 1.79. The minimum absolute atomic E-state index is 0.0429. The fraction of sp³-hybridized carbons (Fsp3) is 0.267. The summed E-state index contributed by atoms with van der Waals surface area (Å²) in [6.45, 7) is 1.78. The third-order valence-corrected chi connectivity index (χ3v) is 2.86. The highest BCUT2D eigenvalue weighted by molar-refractivity contribution is 5.94. The second-order valence-corrected chi connectivity index (χ2v) is 4.26. The van der Waals surface area contributed by atoms with Gasteiger partial charge in [0.2, 0.25) is 0 Å². The lowest BCUT2D eigenvalue weighted by Crippen LogP contribution is -2.05. The molecular formula is C15H16N2O2. The van der Waals surface area contributed by atoms with Crippen LogP contribution in [0.4, 0.5) is 0 Å². The molecule has 4 nitrogen and oxygen atoms in total. The molecule has 0 N–H and O–H groups in total. The molecule has 0 fully saturated rings. The molecule has 1 heterocycles. The highest BCUT2D eigenvalue weighted by Gasteiger charge is 2.08. The van der Waals surface area contributed by atoms with Gasteiger partial charge in [0.1, 0.15) is 17.3 Å². The summed E-state index contributed by atoms with van der Waals surface area (Å²) in [5.74, 6) is 1.48. The highest BCUT2D eigenvalue weighted by atomic mass is 16.5. The van der Waals surface area contributed by atoms with Gasteiger partial charge in [0.25, 0.3) is 0 Å². The molecule has 98 valence electrons. The van der Waals surface area contributed by atoms with Gasteiger partial charge in [-0.2, -0.15) is 0 Å². The van der Waals surface area contributed by atoms with Crippen molar-refractivity contribution in [2.24, 2.45) is 0 Å². The number of aromatic nitrogens is 2. The van der Waals surface area contributed by atoms with Gasteiger partial charge < -0.3 is 4.74 Å². The fourth-order valence-electron chi connectivity index (χ4n) is 1.79. The van der Waals surface area contributed by atoms with Crippen LogP contribution in [0.5, 0.6) is 5.75 Å². The Morgan fingerprint density at radius 3 is 2.58 bits per heavy atom. The summed E-state index contributed by atoms with van der Waals surface area (Å²) < 4.78 is 5.09. The number of ketones is 1. The molecule has 0 unspecified atom stereocenters. The van der Waals surface area contributed by atoms with Gasteiger partial charge in [0.15, 0.2) is 5.78 Å². The molecule has 2 rings (SSSR count). The van der Waals surface area contributed by atoms with Crippen LogP contribution in [0, 0.1) is 6.92 Å². The number of ether oxygens (including phenoxy) is 1. The quantitative estimate of drug-likeness (QED) is 0.772. The monoisotopic (exact) mass is 256 g/mol. The number of carbonyl (C=O) groups excluding carboxylic acids is 1. The smallest absolute Gasteiger partial charge is 0.181 e. The number of aryl methyl sites for hydroxylation is 2. The first kappa shape index (κ1) is 13.2. The van der Waals surface area contributed by atoms with Crippen molar-refractivity contribution in [1.82, 2.24) is 9.97 Å². The molecule has 19 heavy (non-hydrogen) atoms. The minimum Gasteiger partial charge on any atom is -0.497 e. The van der Waals surface area contributed by atoms with Crippen LogP contribution in [-0.2, 0) is 6.42 Å². The number of hydrogen-bond acceptors (Lipinski definition) is 4. The van der Waals surface area contributed by atoms with Gasteiger partial charge in [-0.15, -0.1) is 0 Å². The Morgan fingerprint density at radius 2 is 1.95 bits per heavy atom. The molecule has 1 aromatic carbocycles. The van der Waals surface area contributed by atoms with E-state index in [-0.39, 0.29) is 5.78 Å². The summed E-state index contributed by atoms with van der Waals surface area (Å²) in [6.07, 6.45) is 2.76.